The summed E-state index contributed by atoms with van der Waals surface area (Å²) < 4.78 is 0. The maximum absolute atomic E-state index is 12.2. The molecule has 2 rings (SSSR count). The molecule has 110 valence electrons. The topological polar surface area (TPSA) is 32.3 Å². The molecule has 0 aromatic rings. The number of nitrogens with one attached hydrogen (secondary N) is 1. The van der Waals surface area contributed by atoms with Gasteiger partial charge in [0, 0.05) is 30.6 Å². The molecule has 2 fully saturated rings. The van der Waals surface area contributed by atoms with E-state index in [0.717, 1.165) is 37.9 Å². The Morgan fingerprint density at radius 1 is 1.21 bits per heavy atom. The van der Waals surface area contributed by atoms with E-state index >= 15 is 0 Å². The normalized spacial score (nSPS) is 23.5. The molecule has 3 heteroatoms. The van der Waals surface area contributed by atoms with Crippen LogP contribution in [0.2, 0.25) is 0 Å². The van der Waals surface area contributed by atoms with Crippen molar-refractivity contribution in [1.29, 1.82) is 0 Å². The van der Waals surface area contributed by atoms with Crippen LogP contribution in [0.4, 0.5) is 0 Å². The van der Waals surface area contributed by atoms with Crippen molar-refractivity contribution in [3.63, 3.8) is 0 Å². The third-order valence-corrected chi connectivity index (χ3v) is 4.50. The quantitative estimate of drug-likeness (QED) is 0.848. The summed E-state index contributed by atoms with van der Waals surface area (Å²) >= 11 is 0. The predicted molar refractivity (Wildman–Crippen MR) is 79.0 cm³/mol. The van der Waals surface area contributed by atoms with Crippen LogP contribution in [0.25, 0.3) is 0 Å². The Kier molecular flexibility index (Phi) is 4.54. The first-order chi connectivity index (χ1) is 8.91. The van der Waals surface area contributed by atoms with Crippen LogP contribution in [0.15, 0.2) is 0 Å². The Hall–Kier alpha value is -0.570. The van der Waals surface area contributed by atoms with Gasteiger partial charge in [0.25, 0.3) is 0 Å². The van der Waals surface area contributed by atoms with E-state index in [2.05, 4.69) is 17.1 Å². The summed E-state index contributed by atoms with van der Waals surface area (Å²) in [7, 11) is 0. The predicted octanol–water partition coefficient (Wildman–Crippen LogP) is 2.80. The fourth-order valence-electron chi connectivity index (χ4n) is 3.11. The SMILES string of the molecule is CCC(NC1CCN(C(=O)C(C)(C)C)CC1)C1CC1. The first-order valence-corrected chi connectivity index (χ1v) is 7.97. The van der Waals surface area contributed by atoms with Gasteiger partial charge in [-0.1, -0.05) is 27.7 Å². The molecular formula is C16H30N2O. The summed E-state index contributed by atoms with van der Waals surface area (Å²) in [4.78, 5) is 14.3. The molecule has 1 unspecified atom stereocenters. The monoisotopic (exact) mass is 266 g/mol. The van der Waals surface area contributed by atoms with Crippen LogP contribution in [-0.2, 0) is 4.79 Å². The smallest absolute Gasteiger partial charge is 0.227 e. The van der Waals surface area contributed by atoms with Gasteiger partial charge in [-0.3, -0.25) is 4.79 Å². The Bertz CT molecular complexity index is 309. The van der Waals surface area contributed by atoms with Gasteiger partial charge in [0.05, 0.1) is 0 Å². The highest BCUT2D eigenvalue weighted by Crippen LogP contribution is 2.34. The molecule has 0 spiro atoms. The van der Waals surface area contributed by atoms with Crippen molar-refractivity contribution in [1.82, 2.24) is 10.2 Å². The van der Waals surface area contributed by atoms with Gasteiger partial charge in [-0.25, -0.2) is 0 Å². The Balaban J connectivity index is 1.77. The van der Waals surface area contributed by atoms with Crippen LogP contribution >= 0.6 is 0 Å². The molecule has 1 N–H and O–H groups in total. The number of hydrogen-bond donors (Lipinski definition) is 1. The highest BCUT2D eigenvalue weighted by molar-refractivity contribution is 5.81. The number of likely N-dealkylation sites (tertiary alicyclic amines) is 1. The number of carbonyl (C=O) groups is 1. The fraction of sp³-hybridized carbons (Fsp3) is 0.938. The van der Waals surface area contributed by atoms with Crippen LogP contribution in [0.1, 0.15) is 59.8 Å². The molecular weight excluding hydrogens is 236 g/mol. The van der Waals surface area contributed by atoms with Gasteiger partial charge in [0.1, 0.15) is 0 Å². The average molecular weight is 266 g/mol. The van der Waals surface area contributed by atoms with Crippen molar-refractivity contribution in [2.24, 2.45) is 11.3 Å². The Morgan fingerprint density at radius 2 is 1.79 bits per heavy atom. The minimum absolute atomic E-state index is 0.236. The van der Waals surface area contributed by atoms with Gasteiger partial charge in [-0.2, -0.15) is 0 Å². The first kappa shape index (κ1) is 14.8. The first-order valence-electron chi connectivity index (χ1n) is 7.97. The second kappa shape index (κ2) is 5.82. The number of hydrogen-bond acceptors (Lipinski definition) is 2. The molecule has 0 radical (unpaired) electrons. The summed E-state index contributed by atoms with van der Waals surface area (Å²) in [6, 6.07) is 1.34. The van der Waals surface area contributed by atoms with E-state index in [4.69, 9.17) is 0 Å². The Labute approximate surface area is 118 Å². The second-order valence-corrected chi connectivity index (χ2v) is 7.34. The van der Waals surface area contributed by atoms with E-state index in [9.17, 15) is 4.79 Å². The molecule has 1 aliphatic carbocycles. The lowest BCUT2D eigenvalue weighted by Gasteiger charge is -2.37. The fourth-order valence-corrected chi connectivity index (χ4v) is 3.11. The van der Waals surface area contributed by atoms with E-state index in [-0.39, 0.29) is 5.41 Å². The summed E-state index contributed by atoms with van der Waals surface area (Å²) in [6.07, 6.45) is 6.29. The second-order valence-electron chi connectivity index (χ2n) is 7.34. The molecule has 0 aromatic carbocycles. The van der Waals surface area contributed by atoms with Crippen LogP contribution < -0.4 is 5.32 Å². The summed E-state index contributed by atoms with van der Waals surface area (Å²) in [5.74, 6) is 1.24. The van der Waals surface area contributed by atoms with Crippen LogP contribution in [0.5, 0.6) is 0 Å². The van der Waals surface area contributed by atoms with Gasteiger partial charge in [-0.05, 0) is 38.0 Å². The molecule has 1 saturated carbocycles. The molecule has 1 amide bonds. The van der Waals surface area contributed by atoms with Crippen molar-refractivity contribution >= 4 is 5.91 Å². The standard InChI is InChI=1S/C16H30N2O/c1-5-14(12-6-7-12)17-13-8-10-18(11-9-13)15(19)16(2,3)4/h12-14,17H,5-11H2,1-4H3. The molecule has 0 aromatic heterocycles. The third kappa shape index (κ3) is 3.95. The summed E-state index contributed by atoms with van der Waals surface area (Å²) in [5.41, 5.74) is -0.236. The van der Waals surface area contributed by atoms with Gasteiger partial charge in [-0.15, -0.1) is 0 Å². The molecule has 2 aliphatic rings. The summed E-state index contributed by atoms with van der Waals surface area (Å²) in [6.45, 7) is 10.2. The van der Waals surface area contributed by atoms with E-state index < -0.39 is 0 Å². The molecule has 1 saturated heterocycles. The van der Waals surface area contributed by atoms with E-state index in [0.29, 0.717) is 11.9 Å². The summed E-state index contributed by atoms with van der Waals surface area (Å²) in [5, 5.41) is 3.83. The van der Waals surface area contributed by atoms with E-state index in [1.54, 1.807) is 0 Å². The number of piperidine rings is 1. The largest absolute Gasteiger partial charge is 0.342 e. The lowest BCUT2D eigenvalue weighted by atomic mass is 9.92. The number of carbonyl (C=O) groups excluding carboxylic acids is 1. The lowest BCUT2D eigenvalue weighted by Crippen LogP contribution is -2.50. The zero-order chi connectivity index (χ0) is 14.0. The molecule has 1 atom stereocenters. The van der Waals surface area contributed by atoms with Gasteiger partial charge in [0.15, 0.2) is 0 Å². The average Bonchev–Trinajstić information content (AvgIpc) is 3.19. The number of nitrogens with zero attached hydrogens (tertiary/aromatic N) is 1. The Morgan fingerprint density at radius 3 is 2.21 bits per heavy atom. The van der Waals surface area contributed by atoms with Crippen molar-refractivity contribution in [2.45, 2.75) is 71.9 Å². The van der Waals surface area contributed by atoms with Crippen molar-refractivity contribution < 1.29 is 4.79 Å². The minimum Gasteiger partial charge on any atom is -0.342 e. The van der Waals surface area contributed by atoms with Crippen LogP contribution in [0.3, 0.4) is 0 Å². The van der Waals surface area contributed by atoms with Crippen molar-refractivity contribution in [3.05, 3.63) is 0 Å². The van der Waals surface area contributed by atoms with Crippen molar-refractivity contribution in [3.8, 4) is 0 Å². The van der Waals surface area contributed by atoms with E-state index in [1.165, 1.54) is 19.3 Å². The van der Waals surface area contributed by atoms with Crippen LogP contribution in [-0.4, -0.2) is 36.0 Å². The zero-order valence-corrected chi connectivity index (χ0v) is 13.0. The number of rotatable bonds is 4. The highest BCUT2D eigenvalue weighted by Gasteiger charge is 2.34. The van der Waals surface area contributed by atoms with Crippen LogP contribution in [0, 0.1) is 11.3 Å². The van der Waals surface area contributed by atoms with Crippen molar-refractivity contribution in [2.75, 3.05) is 13.1 Å². The van der Waals surface area contributed by atoms with Gasteiger partial charge < -0.3 is 10.2 Å². The molecule has 3 nitrogen and oxygen atoms in total. The molecule has 1 heterocycles. The number of amides is 1. The lowest BCUT2D eigenvalue weighted by molar-refractivity contribution is -0.140. The maximum Gasteiger partial charge on any atom is 0.227 e. The minimum atomic E-state index is -0.236. The van der Waals surface area contributed by atoms with E-state index in [1.807, 2.05) is 20.8 Å². The highest BCUT2D eigenvalue weighted by atomic mass is 16.2. The third-order valence-electron chi connectivity index (χ3n) is 4.50. The molecule has 19 heavy (non-hydrogen) atoms. The molecule has 1 aliphatic heterocycles. The maximum atomic E-state index is 12.2. The van der Waals surface area contributed by atoms with Gasteiger partial charge >= 0.3 is 0 Å². The van der Waals surface area contributed by atoms with Gasteiger partial charge in [0.2, 0.25) is 5.91 Å². The molecule has 0 bridgehead atoms. The zero-order valence-electron chi connectivity index (χ0n) is 13.0.